The van der Waals surface area contributed by atoms with Crippen molar-refractivity contribution >= 4 is 23.2 Å². The predicted octanol–water partition coefficient (Wildman–Crippen LogP) is 3.21. The third-order valence-electron chi connectivity index (χ3n) is 6.23. The van der Waals surface area contributed by atoms with Gasteiger partial charge in [0.05, 0.1) is 12.8 Å². The maximum atomic E-state index is 6.20. The maximum Gasteiger partial charge on any atom is 0.191 e. The van der Waals surface area contributed by atoms with E-state index < -0.39 is 0 Å². The van der Waals surface area contributed by atoms with Crippen LogP contribution in [0, 0.1) is 5.92 Å². The first kappa shape index (κ1) is 22.0. The topological polar surface area (TPSA) is 52.1 Å². The summed E-state index contributed by atoms with van der Waals surface area (Å²) < 4.78 is 5.51. The number of benzene rings is 1. The Kier molecular flexibility index (Phi) is 8.30. The highest BCUT2D eigenvalue weighted by molar-refractivity contribution is 6.30. The van der Waals surface area contributed by atoms with Crippen molar-refractivity contribution in [2.75, 3.05) is 58.3 Å². The van der Waals surface area contributed by atoms with E-state index >= 15 is 0 Å². The van der Waals surface area contributed by atoms with Crippen LogP contribution in [0.4, 0.5) is 5.69 Å². The van der Waals surface area contributed by atoms with Crippen LogP contribution in [0.25, 0.3) is 0 Å². The van der Waals surface area contributed by atoms with E-state index in [1.54, 1.807) is 7.11 Å². The van der Waals surface area contributed by atoms with Crippen LogP contribution in [-0.2, 0) is 0 Å². The van der Waals surface area contributed by atoms with Gasteiger partial charge < -0.3 is 25.2 Å². The summed E-state index contributed by atoms with van der Waals surface area (Å²) in [4.78, 5) is 9.30. The zero-order valence-corrected chi connectivity index (χ0v) is 18.8. The molecule has 1 aromatic carbocycles. The lowest BCUT2D eigenvalue weighted by Gasteiger charge is -2.31. The number of nitrogens with zero attached hydrogens (tertiary/aromatic N) is 3. The van der Waals surface area contributed by atoms with Gasteiger partial charge in [0, 0.05) is 37.7 Å². The first-order chi connectivity index (χ1) is 14.1. The summed E-state index contributed by atoms with van der Waals surface area (Å²) >= 11 is 6.20. The quantitative estimate of drug-likeness (QED) is 0.523. The number of methoxy groups -OCH3 is 1. The molecule has 162 valence electrons. The van der Waals surface area contributed by atoms with E-state index in [9.17, 15) is 0 Å². The zero-order valence-electron chi connectivity index (χ0n) is 18.1. The highest BCUT2D eigenvalue weighted by atomic mass is 35.5. The second-order valence-corrected chi connectivity index (χ2v) is 8.49. The van der Waals surface area contributed by atoms with Gasteiger partial charge in [-0.1, -0.05) is 18.5 Å². The van der Waals surface area contributed by atoms with Crippen molar-refractivity contribution in [1.29, 1.82) is 0 Å². The molecule has 1 atom stereocenters. The van der Waals surface area contributed by atoms with Gasteiger partial charge in [0.1, 0.15) is 5.75 Å². The number of hydrogen-bond acceptors (Lipinski definition) is 4. The molecule has 0 bridgehead atoms. The lowest BCUT2D eigenvalue weighted by atomic mass is 9.93. The Hall–Kier alpha value is -1.66. The lowest BCUT2D eigenvalue weighted by Crippen LogP contribution is -2.45. The fourth-order valence-corrected chi connectivity index (χ4v) is 4.55. The zero-order chi connectivity index (χ0) is 20.6. The number of guanidine groups is 1. The van der Waals surface area contributed by atoms with E-state index in [-0.39, 0.29) is 0 Å². The third-order valence-corrected chi connectivity index (χ3v) is 6.47. The third kappa shape index (κ3) is 6.16. The Labute approximate surface area is 180 Å². The Morgan fingerprint density at radius 1 is 1.24 bits per heavy atom. The van der Waals surface area contributed by atoms with Crippen LogP contribution in [0.1, 0.15) is 32.6 Å². The Morgan fingerprint density at radius 2 is 2.03 bits per heavy atom. The highest BCUT2D eigenvalue weighted by Gasteiger charge is 2.25. The molecule has 7 heteroatoms. The maximum absolute atomic E-state index is 6.20. The molecule has 1 unspecified atom stereocenters. The highest BCUT2D eigenvalue weighted by Crippen LogP contribution is 2.33. The van der Waals surface area contributed by atoms with Gasteiger partial charge in [0.25, 0.3) is 0 Å². The molecule has 0 radical (unpaired) electrons. The lowest BCUT2D eigenvalue weighted by molar-refractivity contribution is 0.187. The molecule has 0 aliphatic carbocycles. The summed E-state index contributed by atoms with van der Waals surface area (Å²) in [6.07, 6.45) is 4.92. The fourth-order valence-electron chi connectivity index (χ4n) is 4.38. The Bertz CT molecular complexity index is 675. The van der Waals surface area contributed by atoms with Crippen molar-refractivity contribution in [3.8, 4) is 5.75 Å². The van der Waals surface area contributed by atoms with Gasteiger partial charge in [-0.25, -0.2) is 0 Å². The minimum absolute atomic E-state index is 0.359. The van der Waals surface area contributed by atoms with E-state index in [1.165, 1.54) is 38.9 Å². The summed E-state index contributed by atoms with van der Waals surface area (Å²) in [6, 6.07) is 6.15. The molecular weight excluding hydrogens is 386 g/mol. The average molecular weight is 422 g/mol. The standard InChI is InChI=1S/C22H36ClN5O/c1-4-27-12-8-17(9-13-27)7-11-25-22(24-2)26-19-10-14-28(16-19)20-15-18(23)5-6-21(20)29-3/h5-6,15,17,19H,4,7-14,16H2,1-3H3,(H2,24,25,26). The van der Waals surface area contributed by atoms with Crippen LogP contribution in [0.5, 0.6) is 5.75 Å². The molecular formula is C22H36ClN5O. The minimum Gasteiger partial charge on any atom is -0.495 e. The van der Waals surface area contributed by atoms with Crippen LogP contribution >= 0.6 is 11.6 Å². The minimum atomic E-state index is 0.359. The summed E-state index contributed by atoms with van der Waals surface area (Å²) in [5.74, 6) is 2.60. The van der Waals surface area contributed by atoms with Gasteiger partial charge in [0.15, 0.2) is 5.96 Å². The molecule has 2 N–H and O–H groups in total. The molecule has 0 saturated carbocycles. The molecule has 2 fully saturated rings. The van der Waals surface area contributed by atoms with Crippen molar-refractivity contribution in [2.24, 2.45) is 10.9 Å². The molecule has 2 aliphatic rings. The number of anilines is 1. The molecule has 2 aliphatic heterocycles. The number of halogens is 1. The molecule has 6 nitrogen and oxygen atoms in total. The van der Waals surface area contributed by atoms with Gasteiger partial charge in [-0.3, -0.25) is 4.99 Å². The molecule has 0 amide bonds. The van der Waals surface area contributed by atoms with E-state index in [4.69, 9.17) is 16.3 Å². The number of piperidine rings is 1. The first-order valence-electron chi connectivity index (χ1n) is 10.9. The van der Waals surface area contributed by atoms with Crippen LogP contribution in [-0.4, -0.2) is 70.3 Å². The Morgan fingerprint density at radius 3 is 2.72 bits per heavy atom. The van der Waals surface area contributed by atoms with E-state index in [0.717, 1.165) is 54.4 Å². The summed E-state index contributed by atoms with van der Waals surface area (Å²) in [7, 11) is 3.55. The summed E-state index contributed by atoms with van der Waals surface area (Å²) in [5, 5.41) is 7.84. The van der Waals surface area contributed by atoms with Crippen LogP contribution in [0.15, 0.2) is 23.2 Å². The number of likely N-dealkylation sites (tertiary alicyclic amines) is 1. The number of nitrogens with one attached hydrogen (secondary N) is 2. The SMILES string of the molecule is CCN1CCC(CCNC(=NC)NC2CCN(c3cc(Cl)ccc3OC)C2)CC1. The van der Waals surface area contributed by atoms with Crippen molar-refractivity contribution in [3.05, 3.63) is 23.2 Å². The smallest absolute Gasteiger partial charge is 0.191 e. The molecule has 1 aromatic rings. The van der Waals surface area contributed by atoms with Gasteiger partial charge in [-0.05, 0) is 69.4 Å². The van der Waals surface area contributed by atoms with Crippen LogP contribution < -0.4 is 20.3 Å². The van der Waals surface area contributed by atoms with E-state index in [1.807, 2.05) is 25.2 Å². The first-order valence-corrected chi connectivity index (χ1v) is 11.3. The van der Waals surface area contributed by atoms with Crippen LogP contribution in [0.2, 0.25) is 5.02 Å². The summed E-state index contributed by atoms with van der Waals surface area (Å²) in [6.45, 7) is 8.80. The summed E-state index contributed by atoms with van der Waals surface area (Å²) in [5.41, 5.74) is 1.06. The average Bonchev–Trinajstić information content (AvgIpc) is 3.22. The van der Waals surface area contributed by atoms with Gasteiger partial charge in [0.2, 0.25) is 0 Å². The normalized spacial score (nSPS) is 21.4. The van der Waals surface area contributed by atoms with E-state index in [2.05, 4.69) is 32.3 Å². The monoisotopic (exact) mass is 421 g/mol. The molecule has 0 spiro atoms. The van der Waals surface area contributed by atoms with Crippen molar-refractivity contribution < 1.29 is 4.74 Å². The van der Waals surface area contributed by atoms with Crippen molar-refractivity contribution in [3.63, 3.8) is 0 Å². The van der Waals surface area contributed by atoms with Gasteiger partial charge in [-0.2, -0.15) is 0 Å². The van der Waals surface area contributed by atoms with Crippen molar-refractivity contribution in [2.45, 2.75) is 38.6 Å². The predicted molar refractivity (Wildman–Crippen MR) is 123 cm³/mol. The molecule has 2 heterocycles. The fraction of sp³-hybridized carbons (Fsp3) is 0.682. The molecule has 0 aromatic heterocycles. The number of aliphatic imine (C=N–C) groups is 1. The molecule has 3 rings (SSSR count). The molecule has 2 saturated heterocycles. The number of rotatable bonds is 7. The van der Waals surface area contributed by atoms with Crippen molar-refractivity contribution in [1.82, 2.24) is 15.5 Å². The second kappa shape index (κ2) is 10.9. The van der Waals surface area contributed by atoms with Gasteiger partial charge in [-0.15, -0.1) is 0 Å². The van der Waals surface area contributed by atoms with E-state index in [0.29, 0.717) is 6.04 Å². The molecule has 29 heavy (non-hydrogen) atoms. The van der Waals surface area contributed by atoms with Gasteiger partial charge >= 0.3 is 0 Å². The second-order valence-electron chi connectivity index (χ2n) is 8.06. The largest absolute Gasteiger partial charge is 0.495 e. The number of hydrogen-bond donors (Lipinski definition) is 2. The Balaban J connectivity index is 1.43. The van der Waals surface area contributed by atoms with Crippen LogP contribution in [0.3, 0.4) is 0 Å². The number of ether oxygens (including phenoxy) is 1.